The highest BCUT2D eigenvalue weighted by molar-refractivity contribution is 5.25. The van der Waals surface area contributed by atoms with E-state index in [2.05, 4.69) is 17.0 Å². The normalized spacial score (nSPS) is 22.4. The van der Waals surface area contributed by atoms with Crippen molar-refractivity contribution >= 4 is 0 Å². The topological polar surface area (TPSA) is 25.4 Å². The molecule has 2 aromatic rings. The summed E-state index contributed by atoms with van der Waals surface area (Å²) in [7, 11) is 0. The Kier molecular flexibility index (Phi) is 5.61. The van der Waals surface area contributed by atoms with Gasteiger partial charge in [0.15, 0.2) is 0 Å². The molecule has 3 nitrogen and oxygen atoms in total. The second-order valence-corrected chi connectivity index (χ2v) is 7.50. The molecule has 4 heteroatoms. The number of halogens is 1. The molecule has 2 saturated heterocycles. The van der Waals surface area contributed by atoms with Crippen LogP contribution in [0.1, 0.15) is 48.6 Å². The van der Waals surface area contributed by atoms with E-state index < -0.39 is 0 Å². The third kappa shape index (κ3) is 4.13. The molecule has 1 aromatic heterocycles. The van der Waals surface area contributed by atoms with Crippen LogP contribution in [-0.2, 0) is 11.2 Å². The Morgan fingerprint density at radius 1 is 1.04 bits per heavy atom. The van der Waals surface area contributed by atoms with Crippen LogP contribution in [0.2, 0.25) is 0 Å². The van der Waals surface area contributed by atoms with Crippen LogP contribution >= 0.6 is 0 Å². The number of piperidine rings is 1. The van der Waals surface area contributed by atoms with Crippen molar-refractivity contribution in [2.75, 3.05) is 26.3 Å². The lowest BCUT2D eigenvalue weighted by Gasteiger charge is -2.39. The van der Waals surface area contributed by atoms with Gasteiger partial charge < -0.3 is 4.74 Å². The van der Waals surface area contributed by atoms with E-state index >= 15 is 0 Å². The molecule has 0 bridgehead atoms. The van der Waals surface area contributed by atoms with E-state index in [1.165, 1.54) is 25.5 Å². The van der Waals surface area contributed by atoms with Crippen molar-refractivity contribution in [2.24, 2.45) is 0 Å². The van der Waals surface area contributed by atoms with Crippen molar-refractivity contribution in [3.8, 4) is 0 Å². The predicted octanol–water partition coefficient (Wildman–Crippen LogP) is 4.17. The van der Waals surface area contributed by atoms with Crippen LogP contribution in [-0.4, -0.2) is 42.2 Å². The molecule has 4 rings (SSSR count). The summed E-state index contributed by atoms with van der Waals surface area (Å²) in [6, 6.07) is 13.9. The smallest absolute Gasteiger partial charge is 0.126 e. The maximum atomic E-state index is 13.9. The molecular formula is C22H27FN2O. The summed E-state index contributed by atoms with van der Waals surface area (Å²) in [5.74, 6) is 0.329. The number of nitrogens with zero attached hydrogens (tertiary/aromatic N) is 2. The summed E-state index contributed by atoms with van der Waals surface area (Å²) < 4.78 is 19.5. The number of pyridine rings is 1. The van der Waals surface area contributed by atoms with Gasteiger partial charge in [0.2, 0.25) is 0 Å². The first-order valence-electron chi connectivity index (χ1n) is 9.80. The van der Waals surface area contributed by atoms with Crippen molar-refractivity contribution in [3.05, 3.63) is 65.2 Å². The van der Waals surface area contributed by atoms with Gasteiger partial charge in [0.1, 0.15) is 5.82 Å². The first-order chi connectivity index (χ1) is 12.8. The standard InChI is InChI=1S/C22H27FN2O/c23-21-8-2-1-5-17(21)15-19-7-3-9-22(24-19)18-6-4-12-25(16-18)20-10-13-26-14-11-20/h1-3,5,7-9,18,20H,4,6,10-16H2. The van der Waals surface area contributed by atoms with Crippen LogP contribution in [0.4, 0.5) is 4.39 Å². The zero-order valence-corrected chi connectivity index (χ0v) is 15.2. The van der Waals surface area contributed by atoms with E-state index in [9.17, 15) is 4.39 Å². The summed E-state index contributed by atoms with van der Waals surface area (Å²) in [5, 5.41) is 0. The van der Waals surface area contributed by atoms with Gasteiger partial charge >= 0.3 is 0 Å². The van der Waals surface area contributed by atoms with Crippen LogP contribution in [0.5, 0.6) is 0 Å². The number of rotatable bonds is 4. The molecule has 0 spiro atoms. The van der Waals surface area contributed by atoms with Gasteiger partial charge in [0.05, 0.1) is 0 Å². The van der Waals surface area contributed by atoms with E-state index in [1.807, 2.05) is 18.2 Å². The molecule has 0 radical (unpaired) electrons. The molecule has 3 heterocycles. The molecule has 0 saturated carbocycles. The minimum Gasteiger partial charge on any atom is -0.381 e. The molecule has 1 aromatic carbocycles. The van der Waals surface area contributed by atoms with Crippen LogP contribution in [0.3, 0.4) is 0 Å². The molecule has 2 aliphatic rings. The van der Waals surface area contributed by atoms with Crippen molar-refractivity contribution in [2.45, 2.75) is 44.1 Å². The summed E-state index contributed by atoms with van der Waals surface area (Å²) in [4.78, 5) is 7.54. The van der Waals surface area contributed by atoms with Gasteiger partial charge in [-0.3, -0.25) is 9.88 Å². The molecule has 2 fully saturated rings. The van der Waals surface area contributed by atoms with Gasteiger partial charge in [-0.05, 0) is 56.0 Å². The predicted molar refractivity (Wildman–Crippen MR) is 101 cm³/mol. The zero-order valence-electron chi connectivity index (χ0n) is 15.2. The first kappa shape index (κ1) is 17.6. The Labute approximate surface area is 155 Å². The maximum Gasteiger partial charge on any atom is 0.126 e. The highest BCUT2D eigenvalue weighted by Gasteiger charge is 2.28. The molecule has 0 amide bonds. The summed E-state index contributed by atoms with van der Waals surface area (Å²) in [5.41, 5.74) is 2.83. The van der Waals surface area contributed by atoms with Gasteiger partial charge in [-0.1, -0.05) is 24.3 Å². The van der Waals surface area contributed by atoms with E-state index in [0.29, 0.717) is 23.9 Å². The van der Waals surface area contributed by atoms with Crippen LogP contribution in [0.15, 0.2) is 42.5 Å². The fourth-order valence-electron chi connectivity index (χ4n) is 4.29. The van der Waals surface area contributed by atoms with Gasteiger partial charge in [-0.15, -0.1) is 0 Å². The Morgan fingerprint density at radius 3 is 2.73 bits per heavy atom. The third-order valence-corrected chi connectivity index (χ3v) is 5.74. The average Bonchev–Trinajstić information content (AvgIpc) is 2.71. The number of likely N-dealkylation sites (tertiary alicyclic amines) is 1. The monoisotopic (exact) mass is 354 g/mol. The minimum absolute atomic E-state index is 0.150. The summed E-state index contributed by atoms with van der Waals surface area (Å²) in [6.45, 7) is 4.06. The lowest BCUT2D eigenvalue weighted by Crippen LogP contribution is -2.44. The van der Waals surface area contributed by atoms with Crippen LogP contribution < -0.4 is 0 Å². The van der Waals surface area contributed by atoms with E-state index in [0.717, 1.165) is 44.0 Å². The van der Waals surface area contributed by atoms with E-state index in [1.54, 1.807) is 6.07 Å². The molecule has 2 aliphatic heterocycles. The second-order valence-electron chi connectivity index (χ2n) is 7.50. The minimum atomic E-state index is -0.150. The number of aromatic nitrogens is 1. The largest absolute Gasteiger partial charge is 0.381 e. The number of ether oxygens (including phenoxy) is 1. The highest BCUT2D eigenvalue weighted by atomic mass is 19.1. The van der Waals surface area contributed by atoms with Crippen LogP contribution in [0.25, 0.3) is 0 Å². The van der Waals surface area contributed by atoms with Gasteiger partial charge in [0.25, 0.3) is 0 Å². The first-order valence-corrected chi connectivity index (χ1v) is 9.80. The van der Waals surface area contributed by atoms with Crippen molar-refractivity contribution in [1.29, 1.82) is 0 Å². The Morgan fingerprint density at radius 2 is 1.88 bits per heavy atom. The second kappa shape index (κ2) is 8.28. The molecule has 138 valence electrons. The fourth-order valence-corrected chi connectivity index (χ4v) is 4.29. The number of hydrogen-bond acceptors (Lipinski definition) is 3. The molecular weight excluding hydrogens is 327 g/mol. The van der Waals surface area contributed by atoms with E-state index in [4.69, 9.17) is 9.72 Å². The lowest BCUT2D eigenvalue weighted by molar-refractivity contribution is 0.0237. The number of benzene rings is 1. The number of hydrogen-bond donors (Lipinski definition) is 0. The Balaban J connectivity index is 1.46. The Hall–Kier alpha value is -1.78. The van der Waals surface area contributed by atoms with Gasteiger partial charge in [-0.2, -0.15) is 0 Å². The van der Waals surface area contributed by atoms with E-state index in [-0.39, 0.29) is 5.82 Å². The molecule has 1 atom stereocenters. The molecule has 0 aliphatic carbocycles. The SMILES string of the molecule is Fc1ccccc1Cc1cccc(C2CCCN(C3CCOCC3)C2)n1. The summed E-state index contributed by atoms with van der Waals surface area (Å²) >= 11 is 0. The quantitative estimate of drug-likeness (QED) is 0.824. The third-order valence-electron chi connectivity index (χ3n) is 5.74. The highest BCUT2D eigenvalue weighted by Crippen LogP contribution is 2.29. The fraction of sp³-hybridized carbons (Fsp3) is 0.500. The molecule has 1 unspecified atom stereocenters. The van der Waals surface area contributed by atoms with Crippen molar-refractivity contribution in [1.82, 2.24) is 9.88 Å². The maximum absolute atomic E-state index is 13.9. The van der Waals surface area contributed by atoms with Crippen LogP contribution in [0, 0.1) is 5.82 Å². The zero-order chi connectivity index (χ0) is 17.8. The van der Waals surface area contributed by atoms with Crippen molar-refractivity contribution in [3.63, 3.8) is 0 Å². The van der Waals surface area contributed by atoms with Gasteiger partial charge in [-0.25, -0.2) is 4.39 Å². The van der Waals surface area contributed by atoms with Crippen molar-refractivity contribution < 1.29 is 9.13 Å². The van der Waals surface area contributed by atoms with Gasteiger partial charge in [0, 0.05) is 49.5 Å². The Bertz CT molecular complexity index is 730. The summed E-state index contributed by atoms with van der Waals surface area (Å²) in [6.07, 6.45) is 5.26. The average molecular weight is 354 g/mol. The molecule has 0 N–H and O–H groups in total. The molecule has 26 heavy (non-hydrogen) atoms. The lowest BCUT2D eigenvalue weighted by atomic mass is 9.91.